The van der Waals surface area contributed by atoms with Gasteiger partial charge in [0, 0.05) is 16.8 Å². The van der Waals surface area contributed by atoms with Crippen LogP contribution in [0.3, 0.4) is 0 Å². The molecule has 29 heavy (non-hydrogen) atoms. The Hall–Kier alpha value is -3.15. The Morgan fingerprint density at radius 1 is 1.24 bits per heavy atom. The van der Waals surface area contributed by atoms with Crippen molar-refractivity contribution in [3.63, 3.8) is 0 Å². The third-order valence-corrected chi connectivity index (χ3v) is 5.48. The quantitative estimate of drug-likeness (QED) is 0.475. The number of carboxylic acid groups (broad SMARTS) is 1. The first-order valence-electron chi connectivity index (χ1n) is 9.68. The molecular formula is C23H24FN3O2. The number of benzene rings is 2. The summed E-state index contributed by atoms with van der Waals surface area (Å²) in [6, 6.07) is 10.4. The maximum atomic E-state index is 13.6. The summed E-state index contributed by atoms with van der Waals surface area (Å²) in [6.07, 6.45) is 2.04. The van der Waals surface area contributed by atoms with Gasteiger partial charge in [-0.1, -0.05) is 13.8 Å². The van der Waals surface area contributed by atoms with E-state index in [-0.39, 0.29) is 11.7 Å². The second-order valence-corrected chi connectivity index (χ2v) is 8.49. The van der Waals surface area contributed by atoms with E-state index in [1.165, 1.54) is 12.1 Å². The Labute approximate surface area is 168 Å². The molecular weight excluding hydrogens is 369 g/mol. The topological polar surface area (TPSA) is 70.9 Å². The largest absolute Gasteiger partial charge is 0.481 e. The van der Waals surface area contributed by atoms with Gasteiger partial charge in [0.05, 0.1) is 28.3 Å². The van der Waals surface area contributed by atoms with Crippen LogP contribution in [0.15, 0.2) is 42.7 Å². The molecule has 0 aliphatic rings. The molecule has 2 aromatic heterocycles. The van der Waals surface area contributed by atoms with Crippen LogP contribution in [0.4, 0.5) is 4.39 Å². The van der Waals surface area contributed by atoms with Crippen LogP contribution >= 0.6 is 0 Å². The molecule has 150 valence electrons. The van der Waals surface area contributed by atoms with Gasteiger partial charge in [-0.2, -0.15) is 0 Å². The van der Waals surface area contributed by atoms with Gasteiger partial charge in [0.25, 0.3) is 0 Å². The van der Waals surface area contributed by atoms with Gasteiger partial charge in [0.1, 0.15) is 5.82 Å². The first-order chi connectivity index (χ1) is 13.7. The number of carbonyl (C=O) groups is 1. The minimum atomic E-state index is -0.922. The molecule has 0 atom stereocenters. The number of imidazole rings is 1. The van der Waals surface area contributed by atoms with Crippen molar-refractivity contribution < 1.29 is 14.3 Å². The number of hydrogen-bond donors (Lipinski definition) is 2. The predicted octanol–water partition coefficient (Wildman–Crippen LogP) is 5.42. The molecule has 6 heteroatoms. The Morgan fingerprint density at radius 2 is 1.93 bits per heavy atom. The van der Waals surface area contributed by atoms with Gasteiger partial charge in [-0.05, 0) is 68.1 Å². The lowest BCUT2D eigenvalue weighted by atomic mass is 9.83. The highest BCUT2D eigenvalue weighted by Crippen LogP contribution is 2.39. The first-order valence-corrected chi connectivity index (χ1v) is 9.68. The van der Waals surface area contributed by atoms with Gasteiger partial charge >= 0.3 is 5.97 Å². The zero-order valence-electron chi connectivity index (χ0n) is 17.0. The fraction of sp³-hybridized carbons (Fsp3) is 0.304. The first kappa shape index (κ1) is 19.2. The molecule has 0 spiro atoms. The summed E-state index contributed by atoms with van der Waals surface area (Å²) in [7, 11) is 0. The second kappa shape index (κ2) is 6.72. The maximum Gasteiger partial charge on any atom is 0.309 e. The van der Waals surface area contributed by atoms with Gasteiger partial charge in [-0.15, -0.1) is 0 Å². The lowest BCUT2D eigenvalue weighted by molar-refractivity contribution is -0.146. The van der Waals surface area contributed by atoms with E-state index in [1.54, 1.807) is 32.3 Å². The molecule has 4 rings (SSSR count). The number of nitrogens with one attached hydrogen (secondary N) is 1. The fourth-order valence-electron chi connectivity index (χ4n) is 3.98. The summed E-state index contributed by atoms with van der Waals surface area (Å²) in [5, 5.41) is 10.7. The zero-order valence-corrected chi connectivity index (χ0v) is 17.0. The smallest absolute Gasteiger partial charge is 0.309 e. The minimum Gasteiger partial charge on any atom is -0.481 e. The number of aromatic amines is 1. The van der Waals surface area contributed by atoms with Crippen molar-refractivity contribution in [3.8, 4) is 5.69 Å². The highest BCUT2D eigenvalue weighted by molar-refractivity contribution is 5.98. The number of nitrogens with zero attached hydrogens (tertiary/aromatic N) is 2. The van der Waals surface area contributed by atoms with Crippen LogP contribution in [0.25, 0.3) is 27.6 Å². The van der Waals surface area contributed by atoms with Crippen LogP contribution in [0, 0.1) is 11.2 Å². The fourth-order valence-corrected chi connectivity index (χ4v) is 3.98. The van der Waals surface area contributed by atoms with E-state index in [2.05, 4.69) is 28.4 Å². The van der Waals surface area contributed by atoms with Crippen molar-refractivity contribution in [2.75, 3.05) is 0 Å². The van der Waals surface area contributed by atoms with Gasteiger partial charge < -0.3 is 14.7 Å². The molecule has 0 saturated heterocycles. The summed E-state index contributed by atoms with van der Waals surface area (Å²) in [5.41, 5.74) is 4.63. The number of aromatic nitrogens is 3. The number of rotatable bonds is 5. The van der Waals surface area contributed by atoms with Crippen molar-refractivity contribution in [1.82, 2.24) is 14.5 Å². The second-order valence-electron chi connectivity index (χ2n) is 8.49. The van der Waals surface area contributed by atoms with Crippen LogP contribution in [-0.2, 0) is 11.2 Å². The van der Waals surface area contributed by atoms with E-state index in [1.807, 2.05) is 12.1 Å². The van der Waals surface area contributed by atoms with Crippen molar-refractivity contribution in [2.45, 2.75) is 40.0 Å². The molecule has 2 aromatic carbocycles. The monoisotopic (exact) mass is 393 g/mol. The van der Waals surface area contributed by atoms with Crippen LogP contribution in [0.2, 0.25) is 0 Å². The molecule has 0 unspecified atom stereocenters. The third kappa shape index (κ3) is 3.18. The average Bonchev–Trinajstić information content (AvgIpc) is 3.22. The lowest BCUT2D eigenvalue weighted by Crippen LogP contribution is -2.26. The summed E-state index contributed by atoms with van der Waals surface area (Å²) in [4.78, 5) is 19.4. The molecule has 0 radical (unpaired) electrons. The molecule has 0 amide bonds. The van der Waals surface area contributed by atoms with E-state index in [0.717, 1.165) is 38.9 Å². The molecule has 4 aromatic rings. The van der Waals surface area contributed by atoms with Crippen LogP contribution in [-0.4, -0.2) is 25.6 Å². The maximum absolute atomic E-state index is 13.6. The number of aliphatic carboxylic acids is 1. The Bertz CT molecular complexity index is 1220. The molecule has 5 nitrogen and oxygen atoms in total. The Kier molecular flexibility index (Phi) is 4.45. The van der Waals surface area contributed by atoms with Crippen LogP contribution in [0.5, 0.6) is 0 Å². The predicted molar refractivity (Wildman–Crippen MR) is 112 cm³/mol. The van der Waals surface area contributed by atoms with E-state index in [9.17, 15) is 14.3 Å². The van der Waals surface area contributed by atoms with Crippen molar-refractivity contribution in [2.24, 2.45) is 5.41 Å². The van der Waals surface area contributed by atoms with Crippen molar-refractivity contribution in [1.29, 1.82) is 0 Å². The van der Waals surface area contributed by atoms with E-state index in [0.29, 0.717) is 6.42 Å². The highest BCUT2D eigenvalue weighted by atomic mass is 19.1. The number of H-pyrrole nitrogens is 1. The van der Waals surface area contributed by atoms with Gasteiger partial charge in [0.15, 0.2) is 0 Å². The number of halogens is 1. The number of carboxylic acids is 1. The summed E-state index contributed by atoms with van der Waals surface area (Å²) in [5.74, 6) is -0.992. The van der Waals surface area contributed by atoms with Gasteiger partial charge in [-0.3, -0.25) is 4.79 Å². The van der Waals surface area contributed by atoms with Crippen LogP contribution in [0.1, 0.15) is 44.9 Å². The molecule has 0 aliphatic carbocycles. The number of hydrogen-bond acceptors (Lipinski definition) is 2. The molecule has 0 aliphatic heterocycles. The molecule has 0 bridgehead atoms. The molecule has 2 heterocycles. The normalized spacial score (nSPS) is 12.3. The molecule has 0 fully saturated rings. The average molecular weight is 393 g/mol. The van der Waals surface area contributed by atoms with Gasteiger partial charge in [0.2, 0.25) is 0 Å². The minimum absolute atomic E-state index is 0.137. The van der Waals surface area contributed by atoms with Crippen molar-refractivity contribution >= 4 is 27.9 Å². The molecule has 2 N–H and O–H groups in total. The third-order valence-electron chi connectivity index (χ3n) is 5.48. The van der Waals surface area contributed by atoms with E-state index >= 15 is 0 Å². The molecule has 0 saturated carbocycles. The highest BCUT2D eigenvalue weighted by Gasteiger charge is 2.32. The Morgan fingerprint density at radius 3 is 2.55 bits per heavy atom. The Balaban J connectivity index is 2.10. The summed E-state index contributed by atoms with van der Waals surface area (Å²) < 4.78 is 15.7. The number of fused-ring (bicyclic) bond motifs is 2. The van der Waals surface area contributed by atoms with Crippen molar-refractivity contribution in [3.05, 3.63) is 59.8 Å². The van der Waals surface area contributed by atoms with E-state index in [4.69, 9.17) is 0 Å². The lowest BCUT2D eigenvalue weighted by Gasteiger charge is -2.21. The summed E-state index contributed by atoms with van der Waals surface area (Å²) in [6.45, 7) is 7.68. The van der Waals surface area contributed by atoms with Gasteiger partial charge in [-0.25, -0.2) is 9.37 Å². The van der Waals surface area contributed by atoms with Crippen LogP contribution < -0.4 is 0 Å². The zero-order chi connectivity index (χ0) is 20.9. The van der Waals surface area contributed by atoms with E-state index < -0.39 is 11.4 Å². The summed E-state index contributed by atoms with van der Waals surface area (Å²) >= 11 is 0. The SMILES string of the molecule is CC(C)c1c(CC(C)(C)C(=O)O)c2cc3[nH]cnc3cc2n1-c1ccc(F)cc1. The standard InChI is InChI=1S/C23H24FN3O2/c1-13(2)21-17(11-23(3,4)22(28)29)16-9-18-19(26-12-25-18)10-20(16)27(21)15-7-5-14(24)6-8-15/h5-10,12-13H,11H2,1-4H3,(H,25,26)(H,28,29).